The molecule has 5 rings (SSSR count). The molecule has 0 aliphatic heterocycles. The molecular formula is C16H16N10O2. The summed E-state index contributed by atoms with van der Waals surface area (Å²) in [5.41, 5.74) is 0.161. The monoisotopic (exact) mass is 380 g/mol. The quantitative estimate of drug-likeness (QED) is 0.421. The van der Waals surface area contributed by atoms with Crippen molar-refractivity contribution in [1.29, 1.82) is 0 Å². The Labute approximate surface area is 156 Å². The molecule has 1 fully saturated rings. The largest absolute Gasteiger partial charge is 0.277 e. The normalized spacial score (nSPS) is 15.3. The smallest absolute Gasteiger partial charge is 0.267 e. The van der Waals surface area contributed by atoms with Gasteiger partial charge in [0.2, 0.25) is 0 Å². The standard InChI is InChI=1S/C16H16N10O2/c1-9(6-25-18-8-17-21-25)26-16(28)12-5-13-11(4-14(12)20-23-26)15(27)24(22-19-13)7-10-2-3-10/h4-5,8-10H,2-3,6-7H2,1H3. The number of aromatic nitrogens is 10. The maximum atomic E-state index is 12.9. The predicted octanol–water partition coefficient (Wildman–Crippen LogP) is -0.446. The van der Waals surface area contributed by atoms with E-state index in [1.165, 1.54) is 20.5 Å². The van der Waals surface area contributed by atoms with Crippen molar-refractivity contribution in [2.75, 3.05) is 0 Å². The van der Waals surface area contributed by atoms with Crippen LogP contribution in [-0.2, 0) is 13.1 Å². The van der Waals surface area contributed by atoms with Crippen LogP contribution in [0.4, 0.5) is 0 Å². The van der Waals surface area contributed by atoms with Crippen LogP contribution in [-0.4, -0.2) is 50.2 Å². The third-order valence-corrected chi connectivity index (χ3v) is 4.89. The molecule has 1 aliphatic rings. The Morgan fingerprint density at radius 3 is 2.43 bits per heavy atom. The van der Waals surface area contributed by atoms with Crippen LogP contribution in [0.5, 0.6) is 0 Å². The second-order valence-electron chi connectivity index (χ2n) is 7.09. The second-order valence-corrected chi connectivity index (χ2v) is 7.09. The fourth-order valence-electron chi connectivity index (χ4n) is 3.17. The number of tetrazole rings is 1. The summed E-state index contributed by atoms with van der Waals surface area (Å²) in [5.74, 6) is 0.498. The molecule has 0 saturated heterocycles. The zero-order valence-electron chi connectivity index (χ0n) is 15.0. The fourth-order valence-corrected chi connectivity index (χ4v) is 3.17. The van der Waals surface area contributed by atoms with Crippen LogP contribution < -0.4 is 11.1 Å². The van der Waals surface area contributed by atoms with Gasteiger partial charge in [0.1, 0.15) is 11.0 Å². The molecule has 1 unspecified atom stereocenters. The Morgan fingerprint density at radius 1 is 1.04 bits per heavy atom. The minimum Gasteiger partial charge on any atom is -0.267 e. The molecule has 0 bridgehead atoms. The average Bonchev–Trinajstić information content (AvgIpc) is 3.36. The SMILES string of the molecule is CC(Cn1ncnn1)n1nnc2cc3c(=O)n(CC4CC4)nnc3cc2c1=O. The molecule has 12 heteroatoms. The van der Waals surface area contributed by atoms with Gasteiger partial charge < -0.3 is 0 Å². The van der Waals surface area contributed by atoms with E-state index in [1.54, 1.807) is 12.1 Å². The maximum Gasteiger partial charge on any atom is 0.277 e. The highest BCUT2D eigenvalue weighted by Crippen LogP contribution is 2.29. The summed E-state index contributed by atoms with van der Waals surface area (Å²) in [7, 11) is 0. The molecule has 0 amide bonds. The Morgan fingerprint density at radius 2 is 1.75 bits per heavy atom. The van der Waals surface area contributed by atoms with Crippen molar-refractivity contribution in [2.24, 2.45) is 5.92 Å². The van der Waals surface area contributed by atoms with Crippen molar-refractivity contribution in [3.05, 3.63) is 39.2 Å². The van der Waals surface area contributed by atoms with Crippen molar-refractivity contribution >= 4 is 21.8 Å². The third kappa shape index (κ3) is 2.82. The Bertz CT molecular complexity index is 1290. The molecule has 1 atom stereocenters. The van der Waals surface area contributed by atoms with Gasteiger partial charge in [-0.05, 0) is 43.0 Å². The molecule has 3 heterocycles. The van der Waals surface area contributed by atoms with E-state index in [0.29, 0.717) is 40.8 Å². The predicted molar refractivity (Wildman–Crippen MR) is 96.4 cm³/mol. The Hall–Kier alpha value is -3.57. The van der Waals surface area contributed by atoms with Gasteiger partial charge in [0.15, 0.2) is 6.33 Å². The van der Waals surface area contributed by atoms with Crippen LogP contribution in [0.2, 0.25) is 0 Å². The Kier molecular flexibility index (Phi) is 3.70. The van der Waals surface area contributed by atoms with Gasteiger partial charge in [0.25, 0.3) is 11.1 Å². The van der Waals surface area contributed by atoms with Crippen LogP contribution in [0, 0.1) is 5.92 Å². The van der Waals surface area contributed by atoms with Crippen LogP contribution in [0.25, 0.3) is 21.8 Å². The highest BCUT2D eigenvalue weighted by atomic mass is 16.1. The van der Waals surface area contributed by atoms with Crippen molar-refractivity contribution in [3.8, 4) is 0 Å². The summed E-state index contributed by atoms with van der Waals surface area (Å²) in [6.45, 7) is 2.70. The van der Waals surface area contributed by atoms with E-state index in [0.717, 1.165) is 12.8 Å². The van der Waals surface area contributed by atoms with E-state index in [4.69, 9.17) is 0 Å². The first-order valence-electron chi connectivity index (χ1n) is 8.97. The molecule has 1 aromatic carbocycles. The Balaban J connectivity index is 1.59. The lowest BCUT2D eigenvalue weighted by molar-refractivity contribution is 0.354. The first-order valence-corrected chi connectivity index (χ1v) is 8.97. The molecule has 12 nitrogen and oxygen atoms in total. The zero-order chi connectivity index (χ0) is 19.3. The average molecular weight is 380 g/mol. The summed E-state index contributed by atoms with van der Waals surface area (Å²) in [6.07, 6.45) is 3.54. The molecule has 0 spiro atoms. The lowest BCUT2D eigenvalue weighted by Crippen LogP contribution is -2.30. The van der Waals surface area contributed by atoms with Crippen LogP contribution >= 0.6 is 0 Å². The van der Waals surface area contributed by atoms with E-state index >= 15 is 0 Å². The van der Waals surface area contributed by atoms with Gasteiger partial charge in [-0.25, -0.2) is 9.36 Å². The first-order chi connectivity index (χ1) is 13.6. The van der Waals surface area contributed by atoms with Gasteiger partial charge in [0, 0.05) is 6.54 Å². The fraction of sp³-hybridized carbons (Fsp3) is 0.438. The summed E-state index contributed by atoms with van der Waals surface area (Å²) < 4.78 is 2.65. The topological polar surface area (TPSA) is 139 Å². The molecule has 142 valence electrons. The van der Waals surface area contributed by atoms with Gasteiger partial charge in [-0.2, -0.15) is 4.80 Å². The summed E-state index contributed by atoms with van der Waals surface area (Å²) in [5, 5.41) is 28.4. The zero-order valence-corrected chi connectivity index (χ0v) is 15.0. The van der Waals surface area contributed by atoms with E-state index < -0.39 is 0 Å². The summed E-state index contributed by atoms with van der Waals surface area (Å²) in [6, 6.07) is 2.77. The molecule has 0 radical (unpaired) electrons. The van der Waals surface area contributed by atoms with Crippen molar-refractivity contribution in [3.63, 3.8) is 0 Å². The molecule has 0 N–H and O–H groups in total. The maximum absolute atomic E-state index is 12.9. The number of hydrogen-bond acceptors (Lipinski definition) is 9. The van der Waals surface area contributed by atoms with Crippen molar-refractivity contribution in [2.45, 2.75) is 38.9 Å². The molecule has 4 aromatic rings. The van der Waals surface area contributed by atoms with Gasteiger partial charge in [-0.1, -0.05) is 10.4 Å². The molecule has 1 saturated carbocycles. The number of fused-ring (bicyclic) bond motifs is 2. The molecular weight excluding hydrogens is 364 g/mol. The number of hydrogen-bond donors (Lipinski definition) is 0. The third-order valence-electron chi connectivity index (χ3n) is 4.89. The number of benzene rings is 1. The summed E-state index contributed by atoms with van der Waals surface area (Å²) >= 11 is 0. The van der Waals surface area contributed by atoms with E-state index in [9.17, 15) is 9.59 Å². The molecule has 1 aliphatic carbocycles. The summed E-state index contributed by atoms with van der Waals surface area (Å²) in [4.78, 5) is 27.0. The van der Waals surface area contributed by atoms with Gasteiger partial charge in [-0.3, -0.25) is 9.59 Å². The van der Waals surface area contributed by atoms with Gasteiger partial charge in [0.05, 0.1) is 23.4 Å². The molecule has 3 aromatic heterocycles. The number of rotatable bonds is 5. The minimum atomic E-state index is -0.341. The highest BCUT2D eigenvalue weighted by Gasteiger charge is 2.23. The van der Waals surface area contributed by atoms with Crippen molar-refractivity contribution in [1.82, 2.24) is 50.2 Å². The molecule has 28 heavy (non-hydrogen) atoms. The minimum absolute atomic E-state index is 0.226. The van der Waals surface area contributed by atoms with Crippen LogP contribution in [0.3, 0.4) is 0 Å². The number of nitrogens with zero attached hydrogens (tertiary/aromatic N) is 10. The van der Waals surface area contributed by atoms with E-state index in [1.807, 2.05) is 6.92 Å². The van der Waals surface area contributed by atoms with Crippen LogP contribution in [0.15, 0.2) is 28.0 Å². The van der Waals surface area contributed by atoms with E-state index in [-0.39, 0.29) is 17.2 Å². The second kappa shape index (κ2) is 6.25. The van der Waals surface area contributed by atoms with Crippen LogP contribution in [0.1, 0.15) is 25.8 Å². The lowest BCUT2D eigenvalue weighted by atomic mass is 10.2. The van der Waals surface area contributed by atoms with Gasteiger partial charge in [-0.15, -0.1) is 20.4 Å². The van der Waals surface area contributed by atoms with Crippen molar-refractivity contribution < 1.29 is 0 Å². The lowest BCUT2D eigenvalue weighted by Gasteiger charge is -2.12. The van der Waals surface area contributed by atoms with E-state index in [2.05, 4.69) is 36.0 Å². The first kappa shape index (κ1) is 16.6. The van der Waals surface area contributed by atoms with Gasteiger partial charge >= 0.3 is 0 Å². The highest BCUT2D eigenvalue weighted by molar-refractivity contribution is 5.93.